The molecule has 2 heterocycles. The van der Waals surface area contributed by atoms with Crippen molar-refractivity contribution in [2.45, 2.75) is 76.8 Å². The highest BCUT2D eigenvalue weighted by atomic mass is 16.9. The van der Waals surface area contributed by atoms with Gasteiger partial charge in [0.15, 0.2) is 0 Å². The molecule has 0 aromatic carbocycles. The smallest absolute Gasteiger partial charge is 0.402 e. The molecular weight excluding hydrogens is 270 g/mol. The topological polar surface area (TPSA) is 88.4 Å². The Labute approximate surface area is 126 Å². The largest absolute Gasteiger partial charge is 0.465 e. The van der Waals surface area contributed by atoms with Crippen LogP contribution in [-0.4, -0.2) is 29.2 Å². The Morgan fingerprint density at radius 3 is 2.48 bits per heavy atom. The minimum absolute atomic E-state index is 0.0768. The van der Waals surface area contributed by atoms with Gasteiger partial charge in [-0.25, -0.2) is 4.79 Å². The van der Waals surface area contributed by atoms with Crippen molar-refractivity contribution in [3.63, 3.8) is 0 Å². The van der Waals surface area contributed by atoms with E-state index in [1.54, 1.807) is 0 Å². The molecule has 0 aromatic heterocycles. The maximum atomic E-state index is 8.78. The Balaban J connectivity index is 0.000000298. The number of ether oxygens (including phenoxy) is 2. The molecule has 2 saturated carbocycles. The van der Waals surface area contributed by atoms with Gasteiger partial charge in [0.2, 0.25) is 5.79 Å². The van der Waals surface area contributed by atoms with Crippen molar-refractivity contribution >= 4 is 6.09 Å². The van der Waals surface area contributed by atoms with Gasteiger partial charge in [-0.1, -0.05) is 46.0 Å². The summed E-state index contributed by atoms with van der Waals surface area (Å²) in [5.74, 6) is 1.73. The van der Waals surface area contributed by atoms with Gasteiger partial charge >= 0.3 is 6.09 Å². The standard InChI is InChI=1S/C15H24O2.CH3NO2/c1-14(2)11(8-10-6-4-3-5-7-10)9-12-15(16-12)13(14)17-15;2-1(3)4/h10-13H,3-9H2,1-2H3;2H2,(H,3,4). The number of primary amides is 1. The third kappa shape index (κ3) is 2.78. The molecule has 3 N–H and O–H groups in total. The van der Waals surface area contributed by atoms with Gasteiger partial charge < -0.3 is 20.3 Å². The zero-order valence-electron chi connectivity index (χ0n) is 13.0. The van der Waals surface area contributed by atoms with E-state index in [1.807, 2.05) is 0 Å². The van der Waals surface area contributed by atoms with Crippen LogP contribution in [0.25, 0.3) is 0 Å². The molecule has 2 saturated heterocycles. The van der Waals surface area contributed by atoms with E-state index < -0.39 is 6.09 Å². The van der Waals surface area contributed by atoms with Crippen LogP contribution in [0.3, 0.4) is 0 Å². The van der Waals surface area contributed by atoms with Gasteiger partial charge in [0.25, 0.3) is 0 Å². The van der Waals surface area contributed by atoms with E-state index in [2.05, 4.69) is 19.6 Å². The number of rotatable bonds is 2. The summed E-state index contributed by atoms with van der Waals surface area (Å²) in [6.07, 6.45) is 9.51. The molecule has 5 nitrogen and oxygen atoms in total. The number of epoxide rings is 2. The van der Waals surface area contributed by atoms with Crippen molar-refractivity contribution < 1.29 is 19.4 Å². The summed E-state index contributed by atoms with van der Waals surface area (Å²) >= 11 is 0. The van der Waals surface area contributed by atoms with Crippen molar-refractivity contribution in [1.82, 2.24) is 0 Å². The van der Waals surface area contributed by atoms with Crippen LogP contribution in [0.1, 0.15) is 58.8 Å². The summed E-state index contributed by atoms with van der Waals surface area (Å²) in [4.78, 5) is 8.78. The second-order valence-electron chi connectivity index (χ2n) is 7.66. The van der Waals surface area contributed by atoms with Crippen LogP contribution in [0.5, 0.6) is 0 Å². The van der Waals surface area contributed by atoms with E-state index in [9.17, 15) is 0 Å². The minimum atomic E-state index is -1.33. The number of hydrogen-bond acceptors (Lipinski definition) is 3. The van der Waals surface area contributed by atoms with Crippen LogP contribution < -0.4 is 5.73 Å². The maximum absolute atomic E-state index is 8.78. The number of carboxylic acid groups (broad SMARTS) is 1. The van der Waals surface area contributed by atoms with Gasteiger partial charge in [-0.3, -0.25) is 0 Å². The quantitative estimate of drug-likeness (QED) is 0.766. The van der Waals surface area contributed by atoms with Gasteiger partial charge in [-0.15, -0.1) is 0 Å². The highest BCUT2D eigenvalue weighted by Gasteiger charge is 2.83. The van der Waals surface area contributed by atoms with E-state index in [-0.39, 0.29) is 5.79 Å². The zero-order chi connectivity index (χ0) is 15.3. The molecule has 21 heavy (non-hydrogen) atoms. The Morgan fingerprint density at radius 1 is 1.24 bits per heavy atom. The normalized spacial score (nSPS) is 42.9. The number of hydrogen-bond donors (Lipinski definition) is 2. The van der Waals surface area contributed by atoms with E-state index in [1.165, 1.54) is 44.9 Å². The lowest BCUT2D eigenvalue weighted by Crippen LogP contribution is -2.38. The minimum Gasteiger partial charge on any atom is -0.465 e. The van der Waals surface area contributed by atoms with Gasteiger partial charge in [-0.2, -0.15) is 0 Å². The molecule has 1 spiro atoms. The fourth-order valence-electron chi connectivity index (χ4n) is 4.56. The molecule has 4 fully saturated rings. The third-order valence-corrected chi connectivity index (χ3v) is 5.90. The van der Waals surface area contributed by atoms with Crippen LogP contribution >= 0.6 is 0 Å². The van der Waals surface area contributed by atoms with Gasteiger partial charge in [0.1, 0.15) is 12.2 Å². The molecule has 0 bridgehead atoms. The monoisotopic (exact) mass is 297 g/mol. The Bertz CT molecular complexity index is 415. The molecule has 4 aliphatic rings. The van der Waals surface area contributed by atoms with Crippen molar-refractivity contribution in [2.75, 3.05) is 0 Å². The molecule has 1 amide bonds. The number of amides is 1. The predicted octanol–water partition coefficient (Wildman–Crippen LogP) is 3.12. The zero-order valence-corrected chi connectivity index (χ0v) is 13.0. The van der Waals surface area contributed by atoms with E-state index >= 15 is 0 Å². The lowest BCUT2D eigenvalue weighted by molar-refractivity contribution is 0.101. The molecule has 4 unspecified atom stereocenters. The van der Waals surface area contributed by atoms with E-state index in [0.717, 1.165) is 11.8 Å². The van der Waals surface area contributed by atoms with Crippen molar-refractivity contribution in [1.29, 1.82) is 0 Å². The van der Waals surface area contributed by atoms with Crippen molar-refractivity contribution in [2.24, 2.45) is 23.0 Å². The summed E-state index contributed by atoms with van der Waals surface area (Å²) in [5, 5.41) is 7.19. The van der Waals surface area contributed by atoms with Crippen LogP contribution in [0.4, 0.5) is 4.79 Å². The molecule has 0 aromatic rings. The second-order valence-corrected chi connectivity index (χ2v) is 7.66. The summed E-state index contributed by atoms with van der Waals surface area (Å²) in [6.45, 7) is 4.80. The predicted molar refractivity (Wildman–Crippen MR) is 77.8 cm³/mol. The summed E-state index contributed by atoms with van der Waals surface area (Å²) in [6, 6.07) is 0. The van der Waals surface area contributed by atoms with Gasteiger partial charge in [0, 0.05) is 0 Å². The Kier molecular flexibility index (Phi) is 3.69. The molecule has 2 aliphatic heterocycles. The first kappa shape index (κ1) is 15.1. The van der Waals surface area contributed by atoms with Crippen LogP contribution in [-0.2, 0) is 9.47 Å². The van der Waals surface area contributed by atoms with Crippen molar-refractivity contribution in [3.05, 3.63) is 0 Å². The van der Waals surface area contributed by atoms with Gasteiger partial charge in [-0.05, 0) is 30.1 Å². The average molecular weight is 297 g/mol. The lowest BCUT2D eigenvalue weighted by atomic mass is 9.65. The highest BCUT2D eigenvalue weighted by molar-refractivity contribution is 5.61. The first-order valence-electron chi connectivity index (χ1n) is 8.20. The number of nitrogens with two attached hydrogens (primary N) is 1. The fraction of sp³-hybridized carbons (Fsp3) is 0.938. The molecule has 2 aliphatic carbocycles. The van der Waals surface area contributed by atoms with Crippen LogP contribution in [0, 0.1) is 17.3 Å². The first-order chi connectivity index (χ1) is 9.86. The molecule has 4 rings (SSSR count). The highest BCUT2D eigenvalue weighted by Crippen LogP contribution is 2.69. The third-order valence-electron chi connectivity index (χ3n) is 5.90. The summed E-state index contributed by atoms with van der Waals surface area (Å²) in [5.41, 5.74) is 4.37. The maximum Gasteiger partial charge on any atom is 0.402 e. The number of carbonyl (C=O) groups is 1. The molecule has 0 radical (unpaired) electrons. The van der Waals surface area contributed by atoms with E-state index in [4.69, 9.17) is 19.4 Å². The fourth-order valence-corrected chi connectivity index (χ4v) is 4.56. The molecular formula is C16H27NO4. The first-order valence-corrected chi connectivity index (χ1v) is 8.20. The molecule has 5 heteroatoms. The lowest BCUT2D eigenvalue weighted by Gasteiger charge is -2.37. The van der Waals surface area contributed by atoms with Crippen molar-refractivity contribution in [3.8, 4) is 0 Å². The molecule has 4 atom stereocenters. The van der Waals surface area contributed by atoms with Crippen LogP contribution in [0.2, 0.25) is 0 Å². The SMILES string of the molecule is CC1(C)C(CC2CCCCC2)CC2OC23OC13.NC(=O)O. The van der Waals surface area contributed by atoms with E-state index in [0.29, 0.717) is 17.6 Å². The summed E-state index contributed by atoms with van der Waals surface area (Å²) < 4.78 is 11.6. The summed E-state index contributed by atoms with van der Waals surface area (Å²) in [7, 11) is 0. The molecule has 120 valence electrons. The Hall–Kier alpha value is -0.810. The van der Waals surface area contributed by atoms with Gasteiger partial charge in [0.05, 0.1) is 0 Å². The average Bonchev–Trinajstić information content (AvgIpc) is 3.28. The van der Waals surface area contributed by atoms with Crippen LogP contribution in [0.15, 0.2) is 0 Å². The Morgan fingerprint density at radius 2 is 1.86 bits per heavy atom. The second kappa shape index (κ2) is 5.13.